The highest BCUT2D eigenvalue weighted by atomic mass is 32.2. The van der Waals surface area contributed by atoms with Gasteiger partial charge in [0.1, 0.15) is 0 Å². The fourth-order valence-electron chi connectivity index (χ4n) is 3.68. The molecule has 0 spiro atoms. The van der Waals surface area contributed by atoms with Crippen molar-refractivity contribution in [3.8, 4) is 0 Å². The molecule has 0 radical (unpaired) electrons. The van der Waals surface area contributed by atoms with Crippen molar-refractivity contribution in [2.24, 2.45) is 11.7 Å². The van der Waals surface area contributed by atoms with Crippen LogP contribution in [0, 0.1) is 5.92 Å². The van der Waals surface area contributed by atoms with Crippen LogP contribution < -0.4 is 5.73 Å². The zero-order valence-corrected chi connectivity index (χ0v) is 13.1. The summed E-state index contributed by atoms with van der Waals surface area (Å²) in [5.74, 6) is 0.533. The van der Waals surface area contributed by atoms with Crippen LogP contribution >= 0.6 is 0 Å². The molecule has 1 aliphatic carbocycles. The first-order valence-electron chi connectivity index (χ1n) is 7.80. The largest absolute Gasteiger partial charge is 0.326 e. The van der Waals surface area contributed by atoms with Crippen LogP contribution in [0.15, 0.2) is 23.4 Å². The quantitative estimate of drug-likeness (QED) is 0.921. The highest BCUT2D eigenvalue weighted by Gasteiger charge is 2.40. The maximum atomic E-state index is 12.8. The molecule has 1 aromatic heterocycles. The highest BCUT2D eigenvalue weighted by Crippen LogP contribution is 2.37. The molecule has 2 N–H and O–H groups in total. The van der Waals surface area contributed by atoms with E-state index in [0.717, 1.165) is 31.2 Å². The Kier molecular flexibility index (Phi) is 4.28. The summed E-state index contributed by atoms with van der Waals surface area (Å²) in [5, 5.41) is 0.157. The molecule has 1 saturated carbocycles. The number of pyridine rings is 1. The van der Waals surface area contributed by atoms with Gasteiger partial charge in [-0.1, -0.05) is 18.9 Å². The maximum absolute atomic E-state index is 12.8. The Morgan fingerprint density at radius 2 is 1.95 bits per heavy atom. The highest BCUT2D eigenvalue weighted by molar-refractivity contribution is 7.89. The number of nitrogens with zero attached hydrogens (tertiary/aromatic N) is 2. The summed E-state index contributed by atoms with van der Waals surface area (Å²) in [5.41, 5.74) is 6.39. The first-order valence-corrected chi connectivity index (χ1v) is 9.24. The number of sulfonamides is 1. The first-order chi connectivity index (χ1) is 10.1. The van der Waals surface area contributed by atoms with Crippen LogP contribution in [0.5, 0.6) is 0 Å². The van der Waals surface area contributed by atoms with Crippen molar-refractivity contribution in [2.75, 3.05) is 6.54 Å². The number of rotatable bonds is 4. The molecule has 21 heavy (non-hydrogen) atoms. The molecule has 5 nitrogen and oxygen atoms in total. The molecule has 116 valence electrons. The Bertz CT molecular complexity index is 579. The SMILES string of the molecule is NCc1ccc(S(=O)(=O)N2CCCC2C2CCCC2)nc1. The van der Waals surface area contributed by atoms with E-state index in [1.807, 2.05) is 0 Å². The number of aromatic nitrogens is 1. The molecule has 1 atom stereocenters. The summed E-state index contributed by atoms with van der Waals surface area (Å²) in [6.07, 6.45) is 8.31. The van der Waals surface area contributed by atoms with Gasteiger partial charge >= 0.3 is 0 Å². The van der Waals surface area contributed by atoms with Gasteiger partial charge in [-0.25, -0.2) is 13.4 Å². The van der Waals surface area contributed by atoms with Crippen molar-refractivity contribution in [3.63, 3.8) is 0 Å². The molecule has 1 aliphatic heterocycles. The smallest absolute Gasteiger partial charge is 0.260 e. The normalized spacial score (nSPS) is 24.7. The topological polar surface area (TPSA) is 76.3 Å². The summed E-state index contributed by atoms with van der Waals surface area (Å²) in [4.78, 5) is 4.12. The lowest BCUT2D eigenvalue weighted by molar-refractivity contribution is 0.287. The molecule has 6 heteroatoms. The van der Waals surface area contributed by atoms with Gasteiger partial charge in [-0.3, -0.25) is 0 Å². The van der Waals surface area contributed by atoms with E-state index in [4.69, 9.17) is 5.73 Å². The molecule has 0 aromatic carbocycles. The third kappa shape index (κ3) is 2.84. The van der Waals surface area contributed by atoms with Gasteiger partial charge in [-0.2, -0.15) is 4.31 Å². The molecule has 0 amide bonds. The fourth-order valence-corrected chi connectivity index (χ4v) is 5.35. The van der Waals surface area contributed by atoms with E-state index < -0.39 is 10.0 Å². The number of hydrogen-bond acceptors (Lipinski definition) is 4. The molecule has 1 aromatic rings. The van der Waals surface area contributed by atoms with Crippen LogP contribution in [0.2, 0.25) is 0 Å². The van der Waals surface area contributed by atoms with Gasteiger partial charge in [0.05, 0.1) is 0 Å². The van der Waals surface area contributed by atoms with E-state index in [-0.39, 0.29) is 11.1 Å². The molecule has 0 bridgehead atoms. The predicted molar refractivity (Wildman–Crippen MR) is 81.0 cm³/mol. The van der Waals surface area contributed by atoms with Gasteiger partial charge < -0.3 is 5.73 Å². The van der Waals surface area contributed by atoms with Gasteiger partial charge in [0.15, 0.2) is 5.03 Å². The van der Waals surface area contributed by atoms with E-state index in [9.17, 15) is 8.42 Å². The molecule has 2 aliphatic rings. The third-order valence-electron chi connectivity index (χ3n) is 4.80. The average molecular weight is 309 g/mol. The second kappa shape index (κ2) is 6.02. The van der Waals surface area contributed by atoms with Gasteiger partial charge in [-0.05, 0) is 43.2 Å². The van der Waals surface area contributed by atoms with Crippen LogP contribution in [-0.2, 0) is 16.6 Å². The van der Waals surface area contributed by atoms with E-state index in [1.165, 1.54) is 12.8 Å². The predicted octanol–water partition coefficient (Wildman–Crippen LogP) is 1.88. The second-order valence-corrected chi connectivity index (χ2v) is 7.92. The summed E-state index contributed by atoms with van der Waals surface area (Å²) in [6.45, 7) is 1.01. The zero-order chi connectivity index (χ0) is 14.9. The van der Waals surface area contributed by atoms with Crippen LogP contribution in [0.1, 0.15) is 44.1 Å². The average Bonchev–Trinajstić information content (AvgIpc) is 3.17. The van der Waals surface area contributed by atoms with Gasteiger partial charge in [0, 0.05) is 25.3 Å². The van der Waals surface area contributed by atoms with Crippen molar-refractivity contribution in [3.05, 3.63) is 23.9 Å². The lowest BCUT2D eigenvalue weighted by Crippen LogP contribution is -2.39. The summed E-state index contributed by atoms with van der Waals surface area (Å²) in [7, 11) is -3.47. The van der Waals surface area contributed by atoms with Crippen LogP contribution in [0.3, 0.4) is 0 Å². The molecule has 1 saturated heterocycles. The molecule has 2 fully saturated rings. The van der Waals surface area contributed by atoms with Gasteiger partial charge in [-0.15, -0.1) is 0 Å². The molecule has 2 heterocycles. The minimum absolute atomic E-state index is 0.157. The Morgan fingerprint density at radius 1 is 1.19 bits per heavy atom. The lowest BCUT2D eigenvalue weighted by Gasteiger charge is -2.28. The van der Waals surface area contributed by atoms with Crippen molar-refractivity contribution >= 4 is 10.0 Å². The zero-order valence-electron chi connectivity index (χ0n) is 12.2. The molecular formula is C15H23N3O2S. The first kappa shape index (κ1) is 14.9. The van der Waals surface area contributed by atoms with E-state index in [0.29, 0.717) is 19.0 Å². The standard InChI is InChI=1S/C15H23N3O2S/c16-10-12-7-8-15(17-11-12)21(19,20)18-9-3-6-14(18)13-4-1-2-5-13/h7-8,11,13-14H,1-6,9-10,16H2. The molecule has 1 unspecified atom stereocenters. The van der Waals surface area contributed by atoms with E-state index in [2.05, 4.69) is 4.98 Å². The summed E-state index contributed by atoms with van der Waals surface area (Å²) in [6, 6.07) is 3.51. The van der Waals surface area contributed by atoms with Crippen LogP contribution in [0.4, 0.5) is 0 Å². The Labute approximate surface area is 126 Å². The second-order valence-electron chi connectivity index (χ2n) is 6.08. The summed E-state index contributed by atoms with van der Waals surface area (Å²) < 4.78 is 27.4. The maximum Gasteiger partial charge on any atom is 0.260 e. The Hall–Kier alpha value is -0.980. The fraction of sp³-hybridized carbons (Fsp3) is 0.667. The minimum atomic E-state index is -3.47. The monoisotopic (exact) mass is 309 g/mol. The number of hydrogen-bond donors (Lipinski definition) is 1. The van der Waals surface area contributed by atoms with Crippen LogP contribution in [0.25, 0.3) is 0 Å². The van der Waals surface area contributed by atoms with Crippen molar-refractivity contribution in [1.29, 1.82) is 0 Å². The minimum Gasteiger partial charge on any atom is -0.326 e. The molecular weight excluding hydrogens is 286 g/mol. The third-order valence-corrected chi connectivity index (χ3v) is 6.64. The Morgan fingerprint density at radius 3 is 2.57 bits per heavy atom. The van der Waals surface area contributed by atoms with Gasteiger partial charge in [0.2, 0.25) is 0 Å². The Balaban J connectivity index is 1.85. The van der Waals surface area contributed by atoms with Crippen LogP contribution in [-0.4, -0.2) is 30.3 Å². The lowest BCUT2D eigenvalue weighted by atomic mass is 9.97. The molecule has 3 rings (SSSR count). The van der Waals surface area contributed by atoms with Crippen molar-refractivity contribution in [2.45, 2.75) is 56.1 Å². The van der Waals surface area contributed by atoms with Crippen molar-refractivity contribution < 1.29 is 8.42 Å². The van der Waals surface area contributed by atoms with Crippen molar-refractivity contribution in [1.82, 2.24) is 9.29 Å². The van der Waals surface area contributed by atoms with E-state index >= 15 is 0 Å². The number of nitrogens with two attached hydrogens (primary N) is 1. The van der Waals surface area contributed by atoms with E-state index in [1.54, 1.807) is 22.6 Å². The summed E-state index contributed by atoms with van der Waals surface area (Å²) >= 11 is 0. The van der Waals surface area contributed by atoms with Gasteiger partial charge in [0.25, 0.3) is 10.0 Å².